The molecule has 1 saturated heterocycles. The van der Waals surface area contributed by atoms with E-state index in [1.807, 2.05) is 50.6 Å². The first-order valence-electron chi connectivity index (χ1n) is 12.1. The van der Waals surface area contributed by atoms with Crippen LogP contribution in [-0.2, 0) is 16.0 Å². The molecular weight excluding hydrogens is 428 g/mol. The Kier molecular flexibility index (Phi) is 6.87. The molecule has 34 heavy (non-hydrogen) atoms. The summed E-state index contributed by atoms with van der Waals surface area (Å²) < 4.78 is 10.2. The molecule has 4 aromatic heterocycles. The van der Waals surface area contributed by atoms with E-state index in [1.54, 1.807) is 6.92 Å². The first-order chi connectivity index (χ1) is 16.7. The number of carbonyl (C=O) groups is 1. The van der Waals surface area contributed by atoms with E-state index in [9.17, 15) is 4.79 Å². The van der Waals surface area contributed by atoms with Crippen LogP contribution in [0.3, 0.4) is 0 Å². The van der Waals surface area contributed by atoms with Gasteiger partial charge in [-0.05, 0) is 55.8 Å². The van der Waals surface area contributed by atoms with Crippen molar-refractivity contribution < 1.29 is 9.53 Å². The van der Waals surface area contributed by atoms with Gasteiger partial charge in [0.05, 0.1) is 22.4 Å². The minimum Gasteiger partial charge on any atom is -0.371 e. The first kappa shape index (κ1) is 22.6. The van der Waals surface area contributed by atoms with E-state index >= 15 is 0 Å². The van der Waals surface area contributed by atoms with Gasteiger partial charge in [0.25, 0.3) is 0 Å². The molecule has 4 aromatic rings. The largest absolute Gasteiger partial charge is 0.371 e. The fourth-order valence-electron chi connectivity index (χ4n) is 4.59. The molecule has 178 valence electrons. The van der Waals surface area contributed by atoms with Crippen LogP contribution in [-0.4, -0.2) is 74.3 Å². The second-order valence-corrected chi connectivity index (χ2v) is 8.96. The summed E-state index contributed by atoms with van der Waals surface area (Å²) in [6, 6.07) is 16.4. The highest BCUT2D eigenvalue weighted by Crippen LogP contribution is 2.23. The smallest absolute Gasteiger partial charge is 0.219 e. The fraction of sp³-hybridized carbons (Fsp3) is 0.423. The van der Waals surface area contributed by atoms with Crippen LogP contribution in [0.25, 0.3) is 11.0 Å². The number of nitrogens with zero attached hydrogens (tertiary/aromatic N) is 6. The average molecular weight is 461 g/mol. The predicted octanol–water partition coefficient (Wildman–Crippen LogP) is 3.23. The van der Waals surface area contributed by atoms with Gasteiger partial charge in [-0.15, -0.1) is 0 Å². The van der Waals surface area contributed by atoms with E-state index in [4.69, 9.17) is 14.9 Å². The van der Waals surface area contributed by atoms with Crippen molar-refractivity contribution in [3.8, 4) is 0 Å². The second kappa shape index (κ2) is 10.4. The van der Waals surface area contributed by atoms with Crippen LogP contribution < -0.4 is 0 Å². The van der Waals surface area contributed by atoms with Crippen molar-refractivity contribution in [3.63, 3.8) is 0 Å². The minimum atomic E-state index is -0.149. The number of amides is 1. The fourth-order valence-corrected chi connectivity index (χ4v) is 4.59. The molecule has 1 unspecified atom stereocenters. The summed E-state index contributed by atoms with van der Waals surface area (Å²) in [7, 11) is 0. The molecule has 1 aliphatic rings. The van der Waals surface area contributed by atoms with Crippen LogP contribution in [0.4, 0.5) is 0 Å². The van der Waals surface area contributed by atoms with Gasteiger partial charge in [-0.3, -0.25) is 9.69 Å². The Morgan fingerprint density at radius 3 is 2.32 bits per heavy atom. The van der Waals surface area contributed by atoms with E-state index < -0.39 is 0 Å². The molecule has 0 aromatic carbocycles. The summed E-state index contributed by atoms with van der Waals surface area (Å²) >= 11 is 0. The number of unbranched alkanes of at least 4 members (excludes halogenated alkanes) is 1. The van der Waals surface area contributed by atoms with Gasteiger partial charge in [-0.2, -0.15) is 10.2 Å². The number of ether oxygens (including phenoxy) is 1. The van der Waals surface area contributed by atoms with Crippen molar-refractivity contribution in [2.75, 3.05) is 39.3 Å². The number of hydrogen-bond acceptors (Lipinski definition) is 5. The maximum absolute atomic E-state index is 11.5. The van der Waals surface area contributed by atoms with E-state index in [0.29, 0.717) is 13.0 Å². The molecule has 0 radical (unpaired) electrons. The van der Waals surface area contributed by atoms with Crippen LogP contribution in [0.5, 0.6) is 0 Å². The zero-order chi connectivity index (χ0) is 23.3. The molecule has 0 N–H and O–H groups in total. The van der Waals surface area contributed by atoms with Crippen LogP contribution in [0.1, 0.15) is 37.3 Å². The quantitative estimate of drug-likeness (QED) is 0.359. The van der Waals surface area contributed by atoms with Crippen LogP contribution in [0, 0.1) is 0 Å². The Hall–Kier alpha value is -3.23. The molecule has 0 spiro atoms. The van der Waals surface area contributed by atoms with Gasteiger partial charge in [-0.25, -0.2) is 9.03 Å². The summed E-state index contributed by atoms with van der Waals surface area (Å²) in [5.41, 5.74) is 4.07. The number of rotatable bonds is 9. The lowest BCUT2D eigenvalue weighted by Crippen LogP contribution is -2.48. The molecule has 1 amide bonds. The van der Waals surface area contributed by atoms with Crippen molar-refractivity contribution in [1.29, 1.82) is 0 Å². The van der Waals surface area contributed by atoms with Gasteiger partial charge in [0.2, 0.25) is 5.91 Å². The first-order valence-corrected chi connectivity index (χ1v) is 12.1. The second-order valence-electron chi connectivity index (χ2n) is 8.96. The van der Waals surface area contributed by atoms with E-state index in [-0.39, 0.29) is 12.0 Å². The Labute approximate surface area is 199 Å². The van der Waals surface area contributed by atoms with Crippen molar-refractivity contribution in [1.82, 2.24) is 29.0 Å². The zero-order valence-corrected chi connectivity index (χ0v) is 19.7. The van der Waals surface area contributed by atoms with Crippen LogP contribution in [0.15, 0.2) is 60.9 Å². The maximum atomic E-state index is 11.5. The van der Waals surface area contributed by atoms with Crippen LogP contribution >= 0.6 is 0 Å². The molecule has 0 saturated carbocycles. The summed E-state index contributed by atoms with van der Waals surface area (Å²) in [5, 5.41) is 9.50. The molecular formula is C26H32N6O2. The molecule has 0 bridgehead atoms. The molecule has 1 atom stereocenters. The summed E-state index contributed by atoms with van der Waals surface area (Å²) in [4.78, 5) is 15.9. The molecule has 5 rings (SSSR count). The number of hydrogen-bond donors (Lipinski definition) is 0. The molecule has 8 nitrogen and oxygen atoms in total. The van der Waals surface area contributed by atoms with Crippen molar-refractivity contribution >= 4 is 16.9 Å². The Morgan fingerprint density at radius 1 is 0.941 bits per heavy atom. The Balaban J connectivity index is 1.19. The normalized spacial score (nSPS) is 15.9. The highest BCUT2D eigenvalue weighted by molar-refractivity contribution is 5.73. The highest BCUT2D eigenvalue weighted by Gasteiger charge is 2.20. The maximum Gasteiger partial charge on any atom is 0.219 e. The van der Waals surface area contributed by atoms with E-state index in [2.05, 4.69) is 29.2 Å². The highest BCUT2D eigenvalue weighted by atomic mass is 16.5. The third kappa shape index (κ3) is 5.29. The van der Waals surface area contributed by atoms with Gasteiger partial charge in [-0.1, -0.05) is 12.1 Å². The average Bonchev–Trinajstić information content (AvgIpc) is 3.47. The number of aromatic nitrogens is 4. The van der Waals surface area contributed by atoms with Gasteiger partial charge in [0.1, 0.15) is 6.10 Å². The minimum absolute atomic E-state index is 0.149. The summed E-state index contributed by atoms with van der Waals surface area (Å²) in [5.74, 6) is 0.177. The lowest BCUT2D eigenvalue weighted by Gasteiger charge is -2.34. The van der Waals surface area contributed by atoms with Gasteiger partial charge in [0.15, 0.2) is 0 Å². The Bertz CT molecular complexity index is 1170. The number of fused-ring (bicyclic) bond motifs is 2. The number of piperazine rings is 1. The van der Waals surface area contributed by atoms with Gasteiger partial charge < -0.3 is 9.64 Å². The van der Waals surface area contributed by atoms with Crippen LogP contribution in [0.2, 0.25) is 0 Å². The summed E-state index contributed by atoms with van der Waals surface area (Å²) in [6.07, 6.45) is 6.53. The lowest BCUT2D eigenvalue weighted by molar-refractivity contribution is -0.130. The SMILES string of the molecule is CC(=O)N1CCN(CCCCOC(Cc2cc3ccccn3n2)c2cc3ccccn3n2)CC1. The molecule has 1 aliphatic heterocycles. The summed E-state index contributed by atoms with van der Waals surface area (Å²) in [6.45, 7) is 6.96. The van der Waals surface area contributed by atoms with Gasteiger partial charge >= 0.3 is 0 Å². The van der Waals surface area contributed by atoms with Gasteiger partial charge in [0, 0.05) is 58.5 Å². The van der Waals surface area contributed by atoms with Crippen molar-refractivity contribution in [2.24, 2.45) is 0 Å². The molecule has 5 heterocycles. The zero-order valence-electron chi connectivity index (χ0n) is 19.7. The standard InChI is InChI=1S/C26H32N6O2/c1-21(33)30-15-13-29(14-16-30)10-6-7-17-34-26(25-20-24-9-3-5-12-32(24)28-25)19-22-18-23-8-2-4-11-31(23)27-22/h2-5,8-9,11-12,18,20,26H,6-7,10,13-17,19H2,1H3. The van der Waals surface area contributed by atoms with Crippen molar-refractivity contribution in [3.05, 3.63) is 72.3 Å². The third-order valence-corrected chi connectivity index (χ3v) is 6.54. The number of carbonyl (C=O) groups excluding carboxylic acids is 1. The van der Waals surface area contributed by atoms with E-state index in [0.717, 1.165) is 68.0 Å². The predicted molar refractivity (Wildman–Crippen MR) is 131 cm³/mol. The molecule has 0 aliphatic carbocycles. The number of pyridine rings is 2. The molecule has 1 fully saturated rings. The lowest BCUT2D eigenvalue weighted by atomic mass is 10.1. The topological polar surface area (TPSA) is 67.4 Å². The third-order valence-electron chi connectivity index (χ3n) is 6.54. The molecule has 8 heteroatoms. The van der Waals surface area contributed by atoms with E-state index in [1.165, 1.54) is 0 Å². The Morgan fingerprint density at radius 2 is 1.65 bits per heavy atom. The monoisotopic (exact) mass is 460 g/mol. The van der Waals surface area contributed by atoms with Crippen molar-refractivity contribution in [2.45, 2.75) is 32.3 Å².